The van der Waals surface area contributed by atoms with Gasteiger partial charge in [-0.1, -0.05) is 59.9 Å². The maximum Gasteiger partial charge on any atom is 0.296 e. The van der Waals surface area contributed by atoms with Gasteiger partial charge in [-0.15, -0.1) is 0 Å². The van der Waals surface area contributed by atoms with Gasteiger partial charge < -0.3 is 0 Å². The van der Waals surface area contributed by atoms with Crippen LogP contribution in [0.2, 0.25) is 0 Å². The van der Waals surface area contributed by atoms with E-state index in [1.165, 1.54) is 16.6 Å². The van der Waals surface area contributed by atoms with Gasteiger partial charge in [-0.25, -0.2) is 9.07 Å². The van der Waals surface area contributed by atoms with Gasteiger partial charge in [0.25, 0.3) is 11.1 Å². The lowest BCUT2D eigenvalue weighted by atomic mass is 10.1. The summed E-state index contributed by atoms with van der Waals surface area (Å²) in [7, 11) is 0. The molecule has 37 heavy (non-hydrogen) atoms. The van der Waals surface area contributed by atoms with Crippen LogP contribution >= 0.6 is 11.3 Å². The maximum absolute atomic E-state index is 13.6. The molecule has 0 amide bonds. The average Bonchev–Trinajstić information content (AvgIpc) is 3.47. The highest BCUT2D eigenvalue weighted by Gasteiger charge is 2.15. The summed E-state index contributed by atoms with van der Waals surface area (Å²) in [6.07, 6.45) is 3.79. The fourth-order valence-electron chi connectivity index (χ4n) is 4.02. The molecular weight excluding hydrogens is 489 g/mol. The standard InChI is InChI=1S/C28H18FN5O2S/c29-21-13-11-19(12-14-21)25-20(17-33(32-25)22-9-5-2-6-10-22)16-24-27(36)34-28(37-24)30-26(35)23(31-34)15-18-7-3-1-4-8-18/h1-14,16-17H,15H2. The molecule has 0 saturated heterocycles. The molecule has 0 spiro atoms. The largest absolute Gasteiger partial charge is 0.296 e. The summed E-state index contributed by atoms with van der Waals surface area (Å²) >= 11 is 1.08. The molecule has 7 nitrogen and oxygen atoms in total. The summed E-state index contributed by atoms with van der Waals surface area (Å²) in [5.41, 5.74) is 3.05. The number of rotatable bonds is 5. The van der Waals surface area contributed by atoms with E-state index < -0.39 is 5.56 Å². The minimum absolute atomic E-state index is 0.203. The highest BCUT2D eigenvalue weighted by molar-refractivity contribution is 7.15. The molecule has 0 unspecified atom stereocenters. The number of thiazole rings is 1. The maximum atomic E-state index is 13.6. The zero-order chi connectivity index (χ0) is 25.4. The third-order valence-electron chi connectivity index (χ3n) is 5.83. The van der Waals surface area contributed by atoms with Gasteiger partial charge in [0.05, 0.1) is 10.2 Å². The minimum atomic E-state index is -0.458. The van der Waals surface area contributed by atoms with Gasteiger partial charge in [-0.3, -0.25) is 9.59 Å². The van der Waals surface area contributed by atoms with Crippen LogP contribution in [0.1, 0.15) is 16.8 Å². The Morgan fingerprint density at radius 1 is 0.865 bits per heavy atom. The molecule has 0 aliphatic heterocycles. The van der Waals surface area contributed by atoms with Gasteiger partial charge in [0.1, 0.15) is 17.2 Å². The molecule has 0 saturated carbocycles. The number of nitrogens with zero attached hydrogens (tertiary/aromatic N) is 5. The number of para-hydroxylation sites is 1. The summed E-state index contributed by atoms with van der Waals surface area (Å²) in [6.45, 7) is 0. The van der Waals surface area contributed by atoms with E-state index in [9.17, 15) is 14.0 Å². The van der Waals surface area contributed by atoms with E-state index in [0.717, 1.165) is 22.6 Å². The van der Waals surface area contributed by atoms with E-state index in [1.54, 1.807) is 22.9 Å². The second-order valence-electron chi connectivity index (χ2n) is 8.36. The van der Waals surface area contributed by atoms with Crippen LogP contribution in [0.3, 0.4) is 0 Å². The first-order valence-electron chi connectivity index (χ1n) is 11.4. The van der Waals surface area contributed by atoms with Crippen molar-refractivity contribution in [2.24, 2.45) is 0 Å². The predicted octanol–water partition coefficient (Wildman–Crippen LogP) is 3.64. The quantitative estimate of drug-likeness (QED) is 0.356. The second-order valence-corrected chi connectivity index (χ2v) is 9.37. The molecule has 0 atom stereocenters. The fourth-order valence-corrected chi connectivity index (χ4v) is 4.92. The number of hydrogen-bond acceptors (Lipinski definition) is 6. The Morgan fingerprint density at radius 3 is 2.30 bits per heavy atom. The predicted molar refractivity (Wildman–Crippen MR) is 140 cm³/mol. The smallest absolute Gasteiger partial charge is 0.266 e. The molecule has 180 valence electrons. The molecule has 0 N–H and O–H groups in total. The molecule has 0 aliphatic carbocycles. The van der Waals surface area contributed by atoms with Crippen LogP contribution in [0.5, 0.6) is 0 Å². The van der Waals surface area contributed by atoms with Crippen molar-refractivity contribution in [3.63, 3.8) is 0 Å². The third kappa shape index (κ3) is 4.48. The van der Waals surface area contributed by atoms with E-state index in [2.05, 4.69) is 10.1 Å². The first-order chi connectivity index (χ1) is 18.0. The second kappa shape index (κ2) is 9.36. The van der Waals surface area contributed by atoms with Crippen molar-refractivity contribution in [1.29, 1.82) is 0 Å². The van der Waals surface area contributed by atoms with Crippen LogP contribution in [-0.2, 0) is 6.42 Å². The minimum Gasteiger partial charge on any atom is -0.266 e. The van der Waals surface area contributed by atoms with Gasteiger partial charge >= 0.3 is 0 Å². The molecule has 9 heteroatoms. The number of fused-ring (bicyclic) bond motifs is 1. The van der Waals surface area contributed by atoms with Gasteiger partial charge in [0.15, 0.2) is 0 Å². The lowest BCUT2D eigenvalue weighted by molar-refractivity contribution is 0.628. The molecular formula is C28H18FN5O2S. The zero-order valence-corrected chi connectivity index (χ0v) is 20.1. The highest BCUT2D eigenvalue weighted by atomic mass is 32.1. The van der Waals surface area contributed by atoms with Crippen molar-refractivity contribution in [2.45, 2.75) is 6.42 Å². The van der Waals surface area contributed by atoms with Gasteiger partial charge in [0, 0.05) is 23.7 Å². The van der Waals surface area contributed by atoms with Crippen LogP contribution in [-0.4, -0.2) is 24.4 Å². The summed E-state index contributed by atoms with van der Waals surface area (Å²) < 4.78 is 16.8. The molecule has 0 radical (unpaired) electrons. The van der Waals surface area contributed by atoms with Crippen molar-refractivity contribution in [1.82, 2.24) is 24.4 Å². The summed E-state index contributed by atoms with van der Waals surface area (Å²) in [4.78, 5) is 30.2. The summed E-state index contributed by atoms with van der Waals surface area (Å²) in [5, 5.41) is 9.04. The van der Waals surface area contributed by atoms with Crippen molar-refractivity contribution in [3.05, 3.63) is 139 Å². The SMILES string of the molecule is O=c1nc2sc(=Cc3cn(-c4ccccc4)nc3-c3ccc(F)cc3)c(=O)n2nc1Cc1ccccc1. The normalized spacial score (nSPS) is 11.9. The zero-order valence-electron chi connectivity index (χ0n) is 19.3. The van der Waals surface area contributed by atoms with Gasteiger partial charge in [-0.05, 0) is 48.0 Å². The van der Waals surface area contributed by atoms with Crippen molar-refractivity contribution in [3.8, 4) is 16.9 Å². The van der Waals surface area contributed by atoms with Crippen LogP contribution in [0, 0.1) is 5.82 Å². The van der Waals surface area contributed by atoms with Crippen LogP contribution in [0.25, 0.3) is 28.0 Å². The van der Waals surface area contributed by atoms with Gasteiger partial charge in [-0.2, -0.15) is 19.7 Å². The van der Waals surface area contributed by atoms with Crippen molar-refractivity contribution in [2.75, 3.05) is 0 Å². The Labute approximate surface area is 213 Å². The monoisotopic (exact) mass is 507 g/mol. The number of benzene rings is 3. The highest BCUT2D eigenvalue weighted by Crippen LogP contribution is 2.24. The van der Waals surface area contributed by atoms with Crippen LogP contribution in [0.15, 0.2) is 101 Å². The molecule has 0 aliphatic rings. The van der Waals surface area contributed by atoms with Crippen molar-refractivity contribution < 1.29 is 4.39 Å². The lowest BCUT2D eigenvalue weighted by Crippen LogP contribution is -2.28. The molecule has 6 rings (SSSR count). The first kappa shape index (κ1) is 22.7. The molecule has 0 fully saturated rings. The first-order valence-corrected chi connectivity index (χ1v) is 12.3. The number of halogens is 1. The Balaban J connectivity index is 1.49. The average molecular weight is 508 g/mol. The van der Waals surface area contributed by atoms with E-state index in [0.29, 0.717) is 21.4 Å². The number of hydrogen-bond donors (Lipinski definition) is 0. The van der Waals surface area contributed by atoms with E-state index >= 15 is 0 Å². The van der Waals surface area contributed by atoms with E-state index in [4.69, 9.17) is 5.10 Å². The van der Waals surface area contributed by atoms with Crippen LogP contribution in [0.4, 0.5) is 4.39 Å². The molecule has 6 aromatic rings. The Bertz CT molecular complexity index is 1900. The number of aromatic nitrogens is 5. The van der Waals surface area contributed by atoms with Crippen LogP contribution < -0.4 is 15.7 Å². The molecule has 3 aromatic heterocycles. The fraction of sp³-hybridized carbons (Fsp3) is 0.0357. The van der Waals surface area contributed by atoms with E-state index in [1.807, 2.05) is 66.9 Å². The summed E-state index contributed by atoms with van der Waals surface area (Å²) in [6, 6.07) is 25.0. The lowest BCUT2D eigenvalue weighted by Gasteiger charge is -2.00. The molecule has 3 heterocycles. The van der Waals surface area contributed by atoms with E-state index in [-0.39, 0.29) is 28.5 Å². The molecule has 3 aromatic carbocycles. The van der Waals surface area contributed by atoms with Crippen molar-refractivity contribution >= 4 is 22.4 Å². The Hall–Kier alpha value is -4.76. The Kier molecular flexibility index (Phi) is 5.74. The van der Waals surface area contributed by atoms with Gasteiger partial charge in [0.2, 0.25) is 4.96 Å². The Morgan fingerprint density at radius 2 is 1.57 bits per heavy atom. The molecule has 0 bridgehead atoms. The topological polar surface area (TPSA) is 82.1 Å². The summed E-state index contributed by atoms with van der Waals surface area (Å²) in [5.74, 6) is -0.351. The third-order valence-corrected chi connectivity index (χ3v) is 6.79.